The molecule has 2 radical (unpaired) electrons. The van der Waals surface area contributed by atoms with Gasteiger partial charge >= 0.3 is 0 Å². The van der Waals surface area contributed by atoms with Gasteiger partial charge in [-0.1, -0.05) is 36.4 Å². The van der Waals surface area contributed by atoms with Crippen LogP contribution in [0.25, 0.3) is 0 Å². The number of hydrogen-bond donors (Lipinski definition) is 0. The lowest BCUT2D eigenvalue weighted by Crippen LogP contribution is -2.50. The van der Waals surface area contributed by atoms with Gasteiger partial charge in [0.15, 0.2) is 24.6 Å². The summed E-state index contributed by atoms with van der Waals surface area (Å²) in [6, 6.07) is 9.42. The van der Waals surface area contributed by atoms with Crippen molar-refractivity contribution in [3.8, 4) is 0 Å². The Morgan fingerprint density at radius 1 is 1.26 bits per heavy atom. The maximum Gasteiger partial charge on any atom is 0.173 e. The molecule has 2 saturated heterocycles. The van der Waals surface area contributed by atoms with Crippen molar-refractivity contribution in [2.75, 3.05) is 13.2 Å². The van der Waals surface area contributed by atoms with Gasteiger partial charge in [0.1, 0.15) is 13.4 Å². The van der Waals surface area contributed by atoms with Gasteiger partial charge in [0.2, 0.25) is 0 Å². The van der Waals surface area contributed by atoms with Gasteiger partial charge in [-0.2, -0.15) is 3.63 Å². The molecule has 2 fully saturated rings. The van der Waals surface area contributed by atoms with Crippen molar-refractivity contribution in [1.82, 2.24) is 0 Å². The summed E-state index contributed by atoms with van der Waals surface area (Å²) < 4.78 is 28.0. The van der Waals surface area contributed by atoms with E-state index in [1.54, 1.807) is 6.08 Å². The van der Waals surface area contributed by atoms with E-state index in [1.807, 2.05) is 30.3 Å². The lowest BCUT2D eigenvalue weighted by molar-refractivity contribution is -0.134. The molecule has 0 bridgehead atoms. The fourth-order valence-corrected chi connectivity index (χ4v) is 3.69. The van der Waals surface area contributed by atoms with Crippen LogP contribution in [-0.4, -0.2) is 38.8 Å². The highest BCUT2D eigenvalue weighted by Crippen LogP contribution is 2.41. The van der Waals surface area contributed by atoms with E-state index in [0.717, 1.165) is 30.2 Å². The fourth-order valence-electron chi connectivity index (χ4n) is 2.79. The van der Waals surface area contributed by atoms with Crippen LogP contribution in [0, 0.1) is 5.92 Å². The van der Waals surface area contributed by atoms with E-state index < -0.39 is 11.6 Å². The zero-order valence-corrected chi connectivity index (χ0v) is 14.1. The molecular formula is C15H17BO5S2. The molecular weight excluding hydrogens is 335 g/mol. The molecule has 1 aromatic carbocycles. The predicted octanol–water partition coefficient (Wildman–Crippen LogP) is 2.83. The first-order valence-corrected chi connectivity index (χ1v) is 8.54. The molecule has 1 aromatic rings. The molecule has 0 aromatic heterocycles. The molecule has 5 nitrogen and oxygen atoms in total. The standard InChI is InChI=1S/C15H17BO5S2/c1-2-12-13(17-8-11-6-4-3-5-7-11)15(20-14(12)16)9-18-22-21-23-19-10-15/h2-7,12-14H,1,8-10H2. The van der Waals surface area contributed by atoms with Gasteiger partial charge in [-0.15, -0.1) is 6.58 Å². The highest BCUT2D eigenvalue weighted by Gasteiger charge is 2.54. The van der Waals surface area contributed by atoms with Gasteiger partial charge < -0.3 is 9.47 Å². The Kier molecular flexibility index (Phi) is 6.09. The van der Waals surface area contributed by atoms with Crippen molar-refractivity contribution in [1.29, 1.82) is 0 Å². The Labute approximate surface area is 146 Å². The quantitative estimate of drug-likeness (QED) is 0.469. The monoisotopic (exact) mass is 352 g/mol. The second kappa shape index (κ2) is 8.07. The minimum Gasteiger partial charge on any atom is -0.373 e. The molecule has 0 amide bonds. The van der Waals surface area contributed by atoms with E-state index in [9.17, 15) is 0 Å². The summed E-state index contributed by atoms with van der Waals surface area (Å²) in [5.74, 6) is -0.152. The first-order chi connectivity index (χ1) is 11.2. The molecule has 0 N–H and O–H groups in total. The molecule has 1 spiro atoms. The summed E-state index contributed by atoms with van der Waals surface area (Å²) in [5.41, 5.74) is 0.280. The van der Waals surface area contributed by atoms with Crippen LogP contribution in [0.15, 0.2) is 43.0 Å². The van der Waals surface area contributed by atoms with Crippen LogP contribution in [0.5, 0.6) is 0 Å². The Bertz CT molecular complexity index is 510. The van der Waals surface area contributed by atoms with Crippen LogP contribution in [0.3, 0.4) is 0 Å². The highest BCUT2D eigenvalue weighted by molar-refractivity contribution is 8.03. The minimum absolute atomic E-state index is 0.152. The molecule has 122 valence electrons. The second-order valence-electron chi connectivity index (χ2n) is 5.41. The SMILES string of the molecule is [B]C1OC2(COSOSOC2)C(OCc2ccccc2)C1C=C. The third-order valence-corrected chi connectivity index (χ3v) is 4.79. The maximum atomic E-state index is 6.16. The van der Waals surface area contributed by atoms with E-state index >= 15 is 0 Å². The molecule has 2 heterocycles. The normalized spacial score (nSPS) is 30.7. The summed E-state index contributed by atoms with van der Waals surface area (Å²) in [6.45, 7) is 4.80. The van der Waals surface area contributed by atoms with Crippen LogP contribution >= 0.6 is 24.6 Å². The van der Waals surface area contributed by atoms with Gasteiger partial charge in [-0.3, -0.25) is 8.37 Å². The molecule has 8 heteroatoms. The summed E-state index contributed by atoms with van der Waals surface area (Å²) in [5, 5.41) is 0. The number of ether oxygens (including phenoxy) is 2. The van der Waals surface area contributed by atoms with Gasteiger partial charge in [0.05, 0.1) is 25.9 Å². The van der Waals surface area contributed by atoms with Crippen LogP contribution in [-0.2, 0) is 28.1 Å². The first-order valence-electron chi connectivity index (χ1n) is 7.21. The van der Waals surface area contributed by atoms with Crippen LogP contribution in [0.2, 0.25) is 0 Å². The molecule has 2 aliphatic heterocycles. The smallest absolute Gasteiger partial charge is 0.173 e. The summed E-state index contributed by atoms with van der Waals surface area (Å²) in [6.07, 6.45) is 1.44. The van der Waals surface area contributed by atoms with Crippen LogP contribution in [0.1, 0.15) is 5.56 Å². The Balaban J connectivity index is 1.77. The molecule has 23 heavy (non-hydrogen) atoms. The van der Waals surface area contributed by atoms with Gasteiger partial charge in [-0.25, -0.2) is 0 Å². The summed E-state index contributed by atoms with van der Waals surface area (Å²) in [4.78, 5) is 0. The van der Waals surface area contributed by atoms with Crippen molar-refractivity contribution in [3.05, 3.63) is 48.6 Å². The lowest BCUT2D eigenvalue weighted by atomic mass is 9.82. The Hall–Kier alpha value is -0.475. The van der Waals surface area contributed by atoms with E-state index in [1.165, 1.54) is 0 Å². The Morgan fingerprint density at radius 3 is 2.61 bits per heavy atom. The number of rotatable bonds is 4. The average molecular weight is 352 g/mol. The van der Waals surface area contributed by atoms with E-state index in [-0.39, 0.29) is 25.2 Å². The lowest BCUT2D eigenvalue weighted by Gasteiger charge is -2.34. The molecule has 0 aliphatic carbocycles. The number of hydrogen-bond acceptors (Lipinski definition) is 7. The van der Waals surface area contributed by atoms with Crippen LogP contribution < -0.4 is 0 Å². The summed E-state index contributed by atoms with van der Waals surface area (Å²) in [7, 11) is 6.12. The zero-order chi connectivity index (χ0) is 16.1. The van der Waals surface area contributed by atoms with Crippen molar-refractivity contribution in [2.24, 2.45) is 5.92 Å². The largest absolute Gasteiger partial charge is 0.373 e. The molecule has 3 atom stereocenters. The van der Waals surface area contributed by atoms with Gasteiger partial charge in [-0.05, 0) is 5.56 Å². The van der Waals surface area contributed by atoms with Crippen LogP contribution in [0.4, 0.5) is 0 Å². The first kappa shape index (κ1) is 17.4. The van der Waals surface area contributed by atoms with E-state index in [2.05, 4.69) is 6.58 Å². The summed E-state index contributed by atoms with van der Waals surface area (Å²) >= 11 is 1.70. The van der Waals surface area contributed by atoms with E-state index in [4.69, 9.17) is 29.3 Å². The predicted molar refractivity (Wildman–Crippen MR) is 90.2 cm³/mol. The molecule has 3 rings (SSSR count). The maximum absolute atomic E-state index is 6.16. The van der Waals surface area contributed by atoms with Crippen molar-refractivity contribution in [3.63, 3.8) is 0 Å². The molecule has 2 aliphatic rings. The third-order valence-electron chi connectivity index (χ3n) is 3.92. The van der Waals surface area contributed by atoms with Crippen molar-refractivity contribution < 1.29 is 21.5 Å². The fraction of sp³-hybridized carbons (Fsp3) is 0.467. The average Bonchev–Trinajstić information content (AvgIpc) is 2.82. The minimum atomic E-state index is -0.795. The molecule has 3 unspecified atom stereocenters. The van der Waals surface area contributed by atoms with Crippen molar-refractivity contribution >= 4 is 32.5 Å². The molecule has 0 saturated carbocycles. The second-order valence-corrected chi connectivity index (χ2v) is 6.69. The van der Waals surface area contributed by atoms with Gasteiger partial charge in [0, 0.05) is 11.9 Å². The topological polar surface area (TPSA) is 46.2 Å². The highest BCUT2D eigenvalue weighted by atomic mass is 32.3. The van der Waals surface area contributed by atoms with E-state index in [0.29, 0.717) is 6.61 Å². The zero-order valence-electron chi connectivity index (χ0n) is 12.5. The van der Waals surface area contributed by atoms with Gasteiger partial charge in [0.25, 0.3) is 0 Å². The Morgan fingerprint density at radius 2 is 1.96 bits per heavy atom. The van der Waals surface area contributed by atoms with Crippen molar-refractivity contribution in [2.45, 2.75) is 24.3 Å². The third kappa shape index (κ3) is 3.96. The number of benzene rings is 1.